The summed E-state index contributed by atoms with van der Waals surface area (Å²) in [6, 6.07) is 7.37. The summed E-state index contributed by atoms with van der Waals surface area (Å²) in [7, 11) is 0. The van der Waals surface area contributed by atoms with Crippen LogP contribution >= 0.6 is 0 Å². The number of carbonyl (C=O) groups is 1. The zero-order chi connectivity index (χ0) is 19.6. The van der Waals surface area contributed by atoms with Gasteiger partial charge >= 0.3 is 0 Å². The Labute approximate surface area is 165 Å². The average molecular weight is 394 g/mol. The highest BCUT2D eigenvalue weighted by molar-refractivity contribution is 5.78. The monoisotopic (exact) mass is 394 g/mol. The van der Waals surface area contributed by atoms with Crippen LogP contribution in [0, 0.1) is 0 Å². The Morgan fingerprint density at radius 3 is 2.83 bits per heavy atom. The van der Waals surface area contributed by atoms with Gasteiger partial charge in [0.1, 0.15) is 0 Å². The second-order valence-electron chi connectivity index (χ2n) is 6.88. The second kappa shape index (κ2) is 7.47. The van der Waals surface area contributed by atoms with E-state index in [0.29, 0.717) is 49.5 Å². The van der Waals surface area contributed by atoms with Crippen molar-refractivity contribution in [2.45, 2.75) is 12.5 Å². The van der Waals surface area contributed by atoms with Crippen molar-refractivity contribution in [3.05, 3.63) is 48.1 Å². The van der Waals surface area contributed by atoms with Gasteiger partial charge in [-0.05, 0) is 23.8 Å². The first-order valence-corrected chi connectivity index (χ1v) is 9.23. The topological polar surface area (TPSA) is 116 Å². The number of nitrogens with zero attached hydrogens (tertiary/aromatic N) is 5. The van der Waals surface area contributed by atoms with E-state index in [1.807, 2.05) is 23.1 Å². The van der Waals surface area contributed by atoms with Gasteiger partial charge in [0.15, 0.2) is 11.5 Å². The van der Waals surface area contributed by atoms with Crippen LogP contribution in [0.1, 0.15) is 17.4 Å². The molecule has 0 spiro atoms. The standard InChI is InChI=1S/C19H18N6O4/c26-16(22-7-12-2-3-14-15(6-12)28-11-27-14)10-25-8-13(9-25)19-23-18(24-29-19)17-20-4-1-5-21-17/h1-6,13H,7-11H2,(H,22,26). The van der Waals surface area contributed by atoms with Crippen LogP contribution in [0.15, 0.2) is 41.2 Å². The number of amides is 1. The predicted octanol–water partition coefficient (Wildman–Crippen LogP) is 0.971. The normalized spacial score (nSPS) is 15.9. The van der Waals surface area contributed by atoms with Crippen LogP contribution in [-0.2, 0) is 11.3 Å². The lowest BCUT2D eigenvalue weighted by atomic mass is 10.0. The van der Waals surface area contributed by atoms with Gasteiger partial charge in [-0.2, -0.15) is 4.98 Å². The molecule has 0 unspecified atom stereocenters. The summed E-state index contributed by atoms with van der Waals surface area (Å²) in [6.07, 6.45) is 3.26. The number of fused-ring (bicyclic) bond motifs is 1. The molecule has 1 amide bonds. The largest absolute Gasteiger partial charge is 0.454 e. The van der Waals surface area contributed by atoms with Crippen LogP contribution in [0.25, 0.3) is 11.6 Å². The number of nitrogens with one attached hydrogen (secondary N) is 1. The summed E-state index contributed by atoms with van der Waals surface area (Å²) < 4.78 is 16.0. The van der Waals surface area contributed by atoms with E-state index in [0.717, 1.165) is 11.3 Å². The summed E-state index contributed by atoms with van der Waals surface area (Å²) in [5.74, 6) is 2.87. The van der Waals surface area contributed by atoms with Crippen molar-refractivity contribution < 1.29 is 18.8 Å². The minimum atomic E-state index is -0.0370. The molecule has 0 radical (unpaired) electrons. The first kappa shape index (κ1) is 17.6. The van der Waals surface area contributed by atoms with Crippen molar-refractivity contribution in [1.82, 2.24) is 30.3 Å². The van der Waals surface area contributed by atoms with Crippen LogP contribution in [0.3, 0.4) is 0 Å². The Morgan fingerprint density at radius 1 is 1.14 bits per heavy atom. The molecule has 0 saturated carbocycles. The van der Waals surface area contributed by atoms with Gasteiger partial charge in [-0.25, -0.2) is 9.97 Å². The molecule has 1 aromatic carbocycles. The van der Waals surface area contributed by atoms with Crippen molar-refractivity contribution >= 4 is 5.91 Å². The minimum absolute atomic E-state index is 0.0370. The molecule has 148 valence electrons. The van der Waals surface area contributed by atoms with Crippen molar-refractivity contribution in [1.29, 1.82) is 0 Å². The van der Waals surface area contributed by atoms with Gasteiger partial charge in [0, 0.05) is 32.0 Å². The first-order chi connectivity index (χ1) is 14.2. The van der Waals surface area contributed by atoms with E-state index in [4.69, 9.17) is 14.0 Å². The van der Waals surface area contributed by atoms with Crippen LogP contribution in [0.2, 0.25) is 0 Å². The molecule has 0 bridgehead atoms. The van der Waals surface area contributed by atoms with Crippen LogP contribution < -0.4 is 14.8 Å². The Kier molecular flexibility index (Phi) is 4.53. The molecule has 10 heteroatoms. The van der Waals surface area contributed by atoms with Crippen LogP contribution in [0.5, 0.6) is 11.5 Å². The number of rotatable bonds is 6. The molecule has 2 aliphatic rings. The molecule has 1 saturated heterocycles. The summed E-state index contributed by atoms with van der Waals surface area (Å²) in [6.45, 7) is 2.38. The SMILES string of the molecule is O=C(CN1CC(c2nc(-c3ncccn3)no2)C1)NCc1ccc2c(c1)OCO2. The summed E-state index contributed by atoms with van der Waals surface area (Å²) >= 11 is 0. The number of benzene rings is 1. The van der Waals surface area contributed by atoms with Gasteiger partial charge in [-0.1, -0.05) is 11.2 Å². The molecule has 0 aliphatic carbocycles. The van der Waals surface area contributed by atoms with E-state index in [2.05, 4.69) is 25.4 Å². The smallest absolute Gasteiger partial charge is 0.240 e. The van der Waals surface area contributed by atoms with E-state index in [-0.39, 0.29) is 18.6 Å². The zero-order valence-electron chi connectivity index (χ0n) is 15.4. The highest BCUT2D eigenvalue weighted by atomic mass is 16.7. The Hall–Kier alpha value is -3.53. The summed E-state index contributed by atoms with van der Waals surface area (Å²) in [4.78, 5) is 26.8. The molecule has 10 nitrogen and oxygen atoms in total. The molecule has 5 rings (SSSR count). The highest BCUT2D eigenvalue weighted by Gasteiger charge is 2.33. The molecule has 3 aromatic rings. The molecule has 1 fully saturated rings. The van der Waals surface area contributed by atoms with E-state index in [1.165, 1.54) is 0 Å². The Bertz CT molecular complexity index is 1020. The second-order valence-corrected chi connectivity index (χ2v) is 6.88. The first-order valence-electron chi connectivity index (χ1n) is 9.23. The maximum atomic E-state index is 12.2. The maximum absolute atomic E-state index is 12.2. The predicted molar refractivity (Wildman–Crippen MR) is 98.9 cm³/mol. The van der Waals surface area contributed by atoms with Crippen LogP contribution in [-0.4, -0.2) is 57.3 Å². The van der Waals surface area contributed by atoms with Gasteiger partial charge in [0.05, 0.1) is 12.5 Å². The highest BCUT2D eigenvalue weighted by Crippen LogP contribution is 2.32. The Balaban J connectivity index is 1.09. The van der Waals surface area contributed by atoms with Gasteiger partial charge in [-0.3, -0.25) is 9.69 Å². The quantitative estimate of drug-likeness (QED) is 0.653. The van der Waals surface area contributed by atoms with Gasteiger partial charge in [0.25, 0.3) is 0 Å². The van der Waals surface area contributed by atoms with E-state index >= 15 is 0 Å². The van der Waals surface area contributed by atoms with Gasteiger partial charge in [-0.15, -0.1) is 0 Å². The molecule has 4 heterocycles. The molecule has 1 N–H and O–H groups in total. The number of aromatic nitrogens is 4. The number of likely N-dealkylation sites (tertiary alicyclic amines) is 1. The Morgan fingerprint density at radius 2 is 1.97 bits per heavy atom. The molecule has 29 heavy (non-hydrogen) atoms. The lowest BCUT2D eigenvalue weighted by Gasteiger charge is -2.36. The fraction of sp³-hybridized carbons (Fsp3) is 0.316. The molecule has 2 aliphatic heterocycles. The third-order valence-electron chi connectivity index (χ3n) is 4.81. The van der Waals surface area contributed by atoms with Gasteiger partial charge < -0.3 is 19.3 Å². The lowest BCUT2D eigenvalue weighted by Crippen LogP contribution is -2.49. The zero-order valence-corrected chi connectivity index (χ0v) is 15.4. The third-order valence-corrected chi connectivity index (χ3v) is 4.81. The molecular formula is C19H18N6O4. The van der Waals surface area contributed by atoms with Crippen molar-refractivity contribution in [2.75, 3.05) is 26.4 Å². The fourth-order valence-electron chi connectivity index (χ4n) is 3.27. The maximum Gasteiger partial charge on any atom is 0.240 e. The summed E-state index contributed by atoms with van der Waals surface area (Å²) in [5.41, 5.74) is 0.964. The number of ether oxygens (including phenoxy) is 2. The fourth-order valence-corrected chi connectivity index (χ4v) is 3.27. The van der Waals surface area contributed by atoms with Crippen molar-refractivity contribution in [3.8, 4) is 23.1 Å². The van der Waals surface area contributed by atoms with E-state index in [1.54, 1.807) is 18.5 Å². The number of carbonyl (C=O) groups excluding carboxylic acids is 1. The average Bonchev–Trinajstić information content (AvgIpc) is 3.38. The van der Waals surface area contributed by atoms with E-state index in [9.17, 15) is 4.79 Å². The lowest BCUT2D eigenvalue weighted by molar-refractivity contribution is -0.123. The third kappa shape index (κ3) is 3.74. The van der Waals surface area contributed by atoms with Gasteiger partial charge in [0.2, 0.25) is 30.2 Å². The molecule has 0 atom stereocenters. The molecule has 2 aromatic heterocycles. The minimum Gasteiger partial charge on any atom is -0.454 e. The number of hydrogen-bond acceptors (Lipinski definition) is 9. The van der Waals surface area contributed by atoms with Crippen molar-refractivity contribution in [2.24, 2.45) is 0 Å². The number of hydrogen-bond donors (Lipinski definition) is 1. The molecular weight excluding hydrogens is 376 g/mol. The van der Waals surface area contributed by atoms with Crippen LogP contribution in [0.4, 0.5) is 0 Å². The van der Waals surface area contributed by atoms with Crippen molar-refractivity contribution in [3.63, 3.8) is 0 Å². The summed E-state index contributed by atoms with van der Waals surface area (Å²) in [5, 5.41) is 6.86. The van der Waals surface area contributed by atoms with E-state index < -0.39 is 0 Å².